The third-order valence-corrected chi connectivity index (χ3v) is 5.60. The number of aryl methyl sites for hydroxylation is 1. The molecule has 2 aromatic heterocycles. The van der Waals surface area contributed by atoms with Gasteiger partial charge in [0.05, 0.1) is 31.5 Å². The smallest absolute Gasteiger partial charge is 0.410 e. The summed E-state index contributed by atoms with van der Waals surface area (Å²) < 4.78 is 18.8. The van der Waals surface area contributed by atoms with E-state index >= 15 is 0 Å². The first kappa shape index (κ1) is 21.6. The lowest BCUT2D eigenvalue weighted by Gasteiger charge is -2.35. The van der Waals surface area contributed by atoms with E-state index in [0.29, 0.717) is 26.2 Å². The third-order valence-electron chi connectivity index (χ3n) is 5.60. The number of carbonyl (C=O) groups excluding carboxylic acids is 2. The van der Waals surface area contributed by atoms with Gasteiger partial charge in [-0.2, -0.15) is 0 Å². The van der Waals surface area contributed by atoms with Gasteiger partial charge in [0.25, 0.3) is 5.91 Å². The van der Waals surface area contributed by atoms with Crippen molar-refractivity contribution in [1.29, 1.82) is 0 Å². The van der Waals surface area contributed by atoms with Gasteiger partial charge in [-0.3, -0.25) is 4.79 Å². The number of amides is 2. The van der Waals surface area contributed by atoms with Crippen LogP contribution in [0.5, 0.6) is 0 Å². The minimum atomic E-state index is -0.785. The molecule has 2 aliphatic rings. The van der Waals surface area contributed by atoms with Gasteiger partial charge in [-0.25, -0.2) is 9.78 Å². The fourth-order valence-corrected chi connectivity index (χ4v) is 4.03. The molecule has 168 valence electrons. The zero-order chi connectivity index (χ0) is 22.2. The molecule has 31 heavy (non-hydrogen) atoms. The average molecular weight is 431 g/mol. The molecular weight excluding hydrogens is 400 g/mol. The van der Waals surface area contributed by atoms with Crippen molar-refractivity contribution in [3.8, 4) is 0 Å². The number of nitrogens with zero attached hydrogens (tertiary/aromatic N) is 3. The highest BCUT2D eigenvalue weighted by molar-refractivity contribution is 5.83. The number of aromatic nitrogens is 2. The molecule has 9 nitrogen and oxygen atoms in total. The Morgan fingerprint density at radius 3 is 2.84 bits per heavy atom. The number of hydrogen-bond acceptors (Lipinski definition) is 6. The molecule has 9 heteroatoms. The molecule has 2 atom stereocenters. The summed E-state index contributed by atoms with van der Waals surface area (Å²) in [7, 11) is 0. The van der Waals surface area contributed by atoms with E-state index in [1.165, 1.54) is 4.90 Å². The van der Waals surface area contributed by atoms with Gasteiger partial charge in [-0.15, -0.1) is 0 Å². The van der Waals surface area contributed by atoms with Crippen LogP contribution in [0.15, 0.2) is 24.5 Å². The second kappa shape index (κ2) is 8.12. The topological polar surface area (TPSA) is 94.4 Å². The van der Waals surface area contributed by atoms with Gasteiger partial charge < -0.3 is 28.8 Å². The molecule has 0 saturated carbocycles. The van der Waals surface area contributed by atoms with Gasteiger partial charge in [0, 0.05) is 25.8 Å². The highest BCUT2D eigenvalue weighted by atomic mass is 16.6. The number of carbonyl (C=O) groups is 2. The van der Waals surface area contributed by atoms with E-state index in [0.717, 1.165) is 16.9 Å². The molecule has 2 fully saturated rings. The van der Waals surface area contributed by atoms with Crippen molar-refractivity contribution in [2.24, 2.45) is 0 Å². The summed E-state index contributed by atoms with van der Waals surface area (Å²) in [4.78, 5) is 31.8. The minimum Gasteiger partial charge on any atom is -0.444 e. The Hall–Kier alpha value is -2.65. The van der Waals surface area contributed by atoms with Crippen LogP contribution in [0.1, 0.15) is 38.6 Å². The van der Waals surface area contributed by atoms with E-state index < -0.39 is 23.3 Å². The minimum absolute atomic E-state index is 0.138. The molecule has 1 N–H and O–H groups in total. The maximum atomic E-state index is 13.2. The molecule has 1 unspecified atom stereocenters. The number of imidazole rings is 1. The summed E-state index contributed by atoms with van der Waals surface area (Å²) in [5.74, 6) is 0.444. The number of ether oxygens (including phenoxy) is 3. The number of rotatable bonds is 3. The maximum absolute atomic E-state index is 13.2. The highest BCUT2D eigenvalue weighted by Crippen LogP contribution is 2.31. The fourth-order valence-electron chi connectivity index (χ4n) is 4.03. The van der Waals surface area contributed by atoms with Gasteiger partial charge in [0.2, 0.25) is 0 Å². The Morgan fingerprint density at radius 2 is 2.13 bits per heavy atom. The molecular formula is C22H30N4O5. The summed E-state index contributed by atoms with van der Waals surface area (Å²) in [5, 5.41) is 3.13. The van der Waals surface area contributed by atoms with Crippen LogP contribution in [0.4, 0.5) is 4.79 Å². The van der Waals surface area contributed by atoms with Gasteiger partial charge in [0.1, 0.15) is 17.0 Å². The van der Waals surface area contributed by atoms with Gasteiger partial charge in [-0.05, 0) is 39.3 Å². The maximum Gasteiger partial charge on any atom is 0.410 e. The second-order valence-corrected chi connectivity index (χ2v) is 9.19. The van der Waals surface area contributed by atoms with Crippen molar-refractivity contribution in [3.63, 3.8) is 0 Å². The first-order chi connectivity index (χ1) is 14.7. The molecule has 2 aromatic rings. The molecule has 2 amide bonds. The molecule has 0 bridgehead atoms. The van der Waals surface area contributed by atoms with E-state index in [1.54, 1.807) is 0 Å². The van der Waals surface area contributed by atoms with Crippen LogP contribution in [0.3, 0.4) is 0 Å². The van der Waals surface area contributed by atoms with Crippen LogP contribution in [0, 0.1) is 6.92 Å². The van der Waals surface area contributed by atoms with Crippen molar-refractivity contribution in [2.45, 2.75) is 51.4 Å². The largest absolute Gasteiger partial charge is 0.444 e. The lowest BCUT2D eigenvalue weighted by molar-refractivity contribution is -0.140. The van der Waals surface area contributed by atoms with E-state index in [2.05, 4.69) is 10.3 Å². The van der Waals surface area contributed by atoms with Gasteiger partial charge in [-0.1, -0.05) is 6.07 Å². The van der Waals surface area contributed by atoms with Crippen molar-refractivity contribution >= 4 is 17.5 Å². The normalized spacial score (nSPS) is 24.4. The van der Waals surface area contributed by atoms with Crippen molar-refractivity contribution in [2.75, 3.05) is 32.9 Å². The number of fused-ring (bicyclic) bond motifs is 1. The number of nitrogens with one attached hydrogen (secondary N) is 1. The lowest BCUT2D eigenvalue weighted by Crippen LogP contribution is -2.57. The highest BCUT2D eigenvalue weighted by Gasteiger charge is 2.44. The van der Waals surface area contributed by atoms with E-state index in [9.17, 15) is 9.59 Å². The van der Waals surface area contributed by atoms with Crippen molar-refractivity contribution in [3.05, 3.63) is 35.9 Å². The van der Waals surface area contributed by atoms with E-state index in [4.69, 9.17) is 14.2 Å². The number of pyridine rings is 1. The molecule has 2 aliphatic heterocycles. The Labute approximate surface area is 181 Å². The zero-order valence-electron chi connectivity index (χ0n) is 18.5. The van der Waals surface area contributed by atoms with Crippen LogP contribution in [-0.4, -0.2) is 70.9 Å². The van der Waals surface area contributed by atoms with Gasteiger partial charge in [0.15, 0.2) is 6.10 Å². The van der Waals surface area contributed by atoms with Crippen molar-refractivity contribution < 1.29 is 23.8 Å². The van der Waals surface area contributed by atoms with Crippen LogP contribution in [-0.2, 0) is 24.5 Å². The molecule has 2 saturated heterocycles. The second-order valence-electron chi connectivity index (χ2n) is 9.19. The summed E-state index contributed by atoms with van der Waals surface area (Å²) >= 11 is 0. The molecule has 0 aliphatic carbocycles. The predicted octanol–water partition coefficient (Wildman–Crippen LogP) is 2.01. The van der Waals surface area contributed by atoms with Crippen LogP contribution < -0.4 is 5.32 Å². The Kier molecular flexibility index (Phi) is 5.65. The van der Waals surface area contributed by atoms with E-state index in [-0.39, 0.29) is 19.1 Å². The molecule has 0 radical (unpaired) electrons. The Bertz CT molecular complexity index is 974. The Morgan fingerprint density at radius 1 is 1.32 bits per heavy atom. The zero-order valence-corrected chi connectivity index (χ0v) is 18.5. The summed E-state index contributed by atoms with van der Waals surface area (Å²) in [6.07, 6.45) is 3.14. The predicted molar refractivity (Wildman–Crippen MR) is 113 cm³/mol. The average Bonchev–Trinajstić information content (AvgIpc) is 3.35. The molecule has 4 heterocycles. The number of hydrogen-bond donors (Lipinski definition) is 1. The van der Waals surface area contributed by atoms with Crippen LogP contribution >= 0.6 is 0 Å². The van der Waals surface area contributed by atoms with Gasteiger partial charge >= 0.3 is 6.09 Å². The molecule has 0 spiro atoms. The van der Waals surface area contributed by atoms with Crippen molar-refractivity contribution in [1.82, 2.24) is 19.6 Å². The van der Waals surface area contributed by atoms with Crippen LogP contribution in [0.2, 0.25) is 0 Å². The first-order valence-electron chi connectivity index (χ1n) is 10.6. The Balaban J connectivity index is 1.53. The van der Waals surface area contributed by atoms with E-state index in [1.807, 2.05) is 56.6 Å². The summed E-state index contributed by atoms with van der Waals surface area (Å²) in [6, 6.07) is 3.99. The third kappa shape index (κ3) is 4.38. The first-order valence-corrected chi connectivity index (χ1v) is 10.6. The fraction of sp³-hybridized carbons (Fsp3) is 0.591. The standard InChI is InChI=1S/C22H30N4O5/c1-15-6-5-8-26-16(15)12-23-19(26)22(7-10-29-14-22)24-18(27)17-13-25(9-11-30-17)20(28)31-21(2,3)4/h5-6,8,12,17H,7,9-11,13-14H2,1-4H3,(H,24,27)/t17-,22?/m0/s1. The molecule has 0 aromatic carbocycles. The SMILES string of the molecule is Cc1cccn2c(C3(NC(=O)[C@@H]4CN(C(=O)OC(C)(C)C)CCO4)CCOC3)ncc12. The summed E-state index contributed by atoms with van der Waals surface area (Å²) in [5.41, 5.74) is 0.737. The van der Waals surface area contributed by atoms with Crippen LogP contribution in [0.25, 0.3) is 5.52 Å². The lowest BCUT2D eigenvalue weighted by atomic mass is 9.96. The summed E-state index contributed by atoms with van der Waals surface area (Å²) in [6.45, 7) is 9.12. The molecule has 4 rings (SSSR count). The number of morpholine rings is 1. The quantitative estimate of drug-likeness (QED) is 0.801. The monoisotopic (exact) mass is 430 g/mol.